The molecular formula is C8H7ClN4O3S. The summed E-state index contributed by atoms with van der Waals surface area (Å²) in [4.78, 5) is 12.8. The van der Waals surface area contributed by atoms with E-state index in [1.807, 2.05) is 0 Å². The van der Waals surface area contributed by atoms with E-state index in [2.05, 4.69) is 14.7 Å². The zero-order chi connectivity index (χ0) is 13.1. The summed E-state index contributed by atoms with van der Waals surface area (Å²) in [7, 11) is -4.07. The Hall–Kier alpha value is -1.76. The summed E-state index contributed by atoms with van der Waals surface area (Å²) in [6.07, 6.45) is 0. The van der Waals surface area contributed by atoms with E-state index in [0.29, 0.717) is 0 Å². The first-order valence-electron chi connectivity index (χ1n) is 4.25. The Morgan fingerprint density at radius 1 is 1.53 bits per heavy atom. The Labute approximate surface area is 102 Å². The van der Waals surface area contributed by atoms with Gasteiger partial charge in [0, 0.05) is 16.4 Å². The number of sulfonamides is 1. The number of carbonyl (C=O) groups excluding carboxylic acids is 1. The molecule has 17 heavy (non-hydrogen) atoms. The Morgan fingerprint density at radius 3 is 2.65 bits per heavy atom. The molecule has 0 aromatic heterocycles. The topological polar surface area (TPSA) is 112 Å². The number of amides is 1. The third-order valence-electron chi connectivity index (χ3n) is 1.69. The molecule has 0 heterocycles. The summed E-state index contributed by atoms with van der Waals surface area (Å²) < 4.78 is 25.4. The van der Waals surface area contributed by atoms with Gasteiger partial charge in [-0.15, -0.1) is 0 Å². The van der Waals surface area contributed by atoms with Crippen LogP contribution in [0.1, 0.15) is 6.92 Å². The lowest BCUT2D eigenvalue weighted by molar-refractivity contribution is -0.114. The zero-order valence-corrected chi connectivity index (χ0v) is 10.2. The predicted octanol–water partition coefficient (Wildman–Crippen LogP) is 2.30. The third kappa shape index (κ3) is 3.35. The molecule has 1 aromatic carbocycles. The number of rotatable bonds is 3. The van der Waals surface area contributed by atoms with E-state index in [1.54, 1.807) is 0 Å². The molecule has 1 N–H and O–H groups in total. The minimum atomic E-state index is -4.07. The van der Waals surface area contributed by atoms with E-state index in [4.69, 9.17) is 17.1 Å². The normalized spacial score (nSPS) is 10.5. The molecule has 0 aliphatic rings. The number of carbonyl (C=O) groups is 1. The predicted molar refractivity (Wildman–Crippen MR) is 62.1 cm³/mol. The molecule has 1 amide bonds. The molecular weight excluding hydrogens is 268 g/mol. The zero-order valence-electron chi connectivity index (χ0n) is 8.58. The lowest BCUT2D eigenvalue weighted by Gasteiger charge is -2.05. The van der Waals surface area contributed by atoms with Gasteiger partial charge in [0.15, 0.2) is 0 Å². The van der Waals surface area contributed by atoms with Crippen molar-refractivity contribution < 1.29 is 13.2 Å². The van der Waals surface area contributed by atoms with Crippen molar-refractivity contribution in [2.24, 2.45) is 4.52 Å². The highest BCUT2D eigenvalue weighted by molar-refractivity contribution is 7.90. The van der Waals surface area contributed by atoms with Crippen molar-refractivity contribution in [3.05, 3.63) is 33.7 Å². The largest absolute Gasteiger partial charge is 0.325 e. The first-order chi connectivity index (χ1) is 7.86. The van der Waals surface area contributed by atoms with Crippen molar-refractivity contribution in [2.45, 2.75) is 11.8 Å². The standard InChI is InChI=1S/C8H7ClN4O3S/c1-5(14)11-8-3-2-6(4-7(8)9)17(15,16)13-12-10/h2-4H,1H3,(H,11,14). The van der Waals surface area contributed by atoms with Gasteiger partial charge in [-0.2, -0.15) is 0 Å². The summed E-state index contributed by atoms with van der Waals surface area (Å²) in [6.45, 7) is 1.29. The van der Waals surface area contributed by atoms with Gasteiger partial charge in [-0.25, -0.2) is 8.42 Å². The second-order valence-electron chi connectivity index (χ2n) is 2.97. The van der Waals surface area contributed by atoms with Gasteiger partial charge < -0.3 is 5.32 Å². The van der Waals surface area contributed by atoms with Crippen LogP contribution in [0.3, 0.4) is 0 Å². The van der Waals surface area contributed by atoms with Gasteiger partial charge in [-0.3, -0.25) is 4.79 Å². The molecule has 0 fully saturated rings. The second-order valence-corrected chi connectivity index (χ2v) is 4.96. The monoisotopic (exact) mass is 274 g/mol. The van der Waals surface area contributed by atoms with Crippen molar-refractivity contribution in [3.8, 4) is 0 Å². The number of halogens is 1. The fourth-order valence-corrected chi connectivity index (χ4v) is 2.03. The summed E-state index contributed by atoms with van der Waals surface area (Å²) in [5.74, 6) is -0.336. The number of nitrogens with one attached hydrogen (secondary N) is 1. The Morgan fingerprint density at radius 2 is 2.18 bits per heavy atom. The van der Waals surface area contributed by atoms with Crippen molar-refractivity contribution in [2.75, 3.05) is 5.32 Å². The van der Waals surface area contributed by atoms with Crippen LogP contribution >= 0.6 is 11.6 Å². The Kier molecular flexibility index (Phi) is 3.95. The van der Waals surface area contributed by atoms with Gasteiger partial charge in [-0.1, -0.05) is 11.6 Å². The second kappa shape index (κ2) is 5.05. The van der Waals surface area contributed by atoms with E-state index in [-0.39, 0.29) is 21.5 Å². The van der Waals surface area contributed by atoms with Crippen LogP contribution in [0.2, 0.25) is 5.02 Å². The molecule has 0 spiro atoms. The SMILES string of the molecule is CC(=O)Nc1ccc(S(=O)(=O)N=[N+]=[N-])cc1Cl. The Bertz CT molecular complexity index is 607. The summed E-state index contributed by atoms with van der Waals surface area (Å²) in [5.41, 5.74) is 8.37. The van der Waals surface area contributed by atoms with E-state index < -0.39 is 10.0 Å². The van der Waals surface area contributed by atoms with E-state index in [9.17, 15) is 13.2 Å². The first-order valence-corrected chi connectivity index (χ1v) is 6.07. The number of hydrogen-bond acceptors (Lipinski definition) is 3. The number of hydrogen-bond donors (Lipinski definition) is 1. The lowest BCUT2D eigenvalue weighted by atomic mass is 10.3. The van der Waals surface area contributed by atoms with Crippen LogP contribution < -0.4 is 5.32 Å². The van der Waals surface area contributed by atoms with Gasteiger partial charge in [0.25, 0.3) is 10.0 Å². The minimum Gasteiger partial charge on any atom is -0.325 e. The van der Waals surface area contributed by atoms with E-state index in [1.165, 1.54) is 19.1 Å². The highest BCUT2D eigenvalue weighted by atomic mass is 35.5. The molecule has 1 rings (SSSR count). The first kappa shape index (κ1) is 13.3. The highest BCUT2D eigenvalue weighted by Crippen LogP contribution is 2.26. The number of azide groups is 1. The lowest BCUT2D eigenvalue weighted by Crippen LogP contribution is -2.06. The molecule has 0 aliphatic carbocycles. The molecule has 90 valence electrons. The van der Waals surface area contributed by atoms with Crippen molar-refractivity contribution >= 4 is 33.2 Å². The molecule has 0 aliphatic heterocycles. The quantitative estimate of drug-likeness (QED) is 0.518. The fourth-order valence-electron chi connectivity index (χ4n) is 1.04. The molecule has 0 atom stereocenters. The van der Waals surface area contributed by atoms with E-state index in [0.717, 1.165) is 6.07 Å². The van der Waals surface area contributed by atoms with Crippen LogP contribution in [-0.4, -0.2) is 14.3 Å². The van der Waals surface area contributed by atoms with Crippen LogP contribution in [0.5, 0.6) is 0 Å². The maximum atomic E-state index is 11.4. The van der Waals surface area contributed by atoms with Gasteiger partial charge in [-0.05, 0) is 23.7 Å². The van der Waals surface area contributed by atoms with Crippen LogP contribution in [0, 0.1) is 0 Å². The molecule has 7 nitrogen and oxygen atoms in total. The smallest absolute Gasteiger partial charge is 0.264 e. The average molecular weight is 275 g/mol. The molecule has 9 heteroatoms. The van der Waals surface area contributed by atoms with Crippen molar-refractivity contribution in [1.82, 2.24) is 0 Å². The van der Waals surface area contributed by atoms with Gasteiger partial charge in [0.1, 0.15) is 0 Å². The molecule has 0 saturated carbocycles. The van der Waals surface area contributed by atoms with Crippen LogP contribution in [0.4, 0.5) is 5.69 Å². The minimum absolute atomic E-state index is 0.0365. The Balaban J connectivity index is 3.22. The molecule has 1 aromatic rings. The van der Waals surface area contributed by atoms with Gasteiger partial charge >= 0.3 is 0 Å². The number of anilines is 1. The number of benzene rings is 1. The summed E-state index contributed by atoms with van der Waals surface area (Å²) in [6, 6.07) is 3.58. The van der Waals surface area contributed by atoms with Gasteiger partial charge in [0.05, 0.1) is 15.6 Å². The fraction of sp³-hybridized carbons (Fsp3) is 0.125. The molecule has 0 radical (unpaired) electrons. The van der Waals surface area contributed by atoms with Crippen LogP contribution in [0.15, 0.2) is 27.6 Å². The average Bonchev–Trinajstić information content (AvgIpc) is 2.20. The third-order valence-corrected chi connectivity index (χ3v) is 3.14. The van der Waals surface area contributed by atoms with Crippen LogP contribution in [-0.2, 0) is 14.8 Å². The maximum Gasteiger partial charge on any atom is 0.264 e. The van der Waals surface area contributed by atoms with Crippen molar-refractivity contribution in [3.63, 3.8) is 0 Å². The van der Waals surface area contributed by atoms with Crippen molar-refractivity contribution in [1.29, 1.82) is 0 Å². The van der Waals surface area contributed by atoms with Crippen LogP contribution in [0.25, 0.3) is 10.4 Å². The molecule has 0 unspecified atom stereocenters. The van der Waals surface area contributed by atoms with E-state index >= 15 is 0 Å². The highest BCUT2D eigenvalue weighted by Gasteiger charge is 2.14. The summed E-state index contributed by atoms with van der Waals surface area (Å²) >= 11 is 5.77. The molecule has 0 bridgehead atoms. The summed E-state index contributed by atoms with van der Waals surface area (Å²) in [5, 5.41) is 2.45. The molecule has 0 saturated heterocycles. The number of nitrogens with zero attached hydrogens (tertiary/aromatic N) is 3. The van der Waals surface area contributed by atoms with Gasteiger partial charge in [0.2, 0.25) is 5.91 Å². The maximum absolute atomic E-state index is 11.4.